The van der Waals surface area contributed by atoms with Gasteiger partial charge in [-0.3, -0.25) is 0 Å². The molecule has 0 heterocycles. The maximum atomic E-state index is 11.7. The average Bonchev–Trinajstić information content (AvgIpc) is 2.44. The third-order valence-electron chi connectivity index (χ3n) is 2.58. The molecule has 1 rings (SSSR count). The molecule has 0 saturated carbocycles. The van der Waals surface area contributed by atoms with Crippen molar-refractivity contribution in [2.45, 2.75) is 32.7 Å². The number of carbonyl (C=O) groups excluding carboxylic acids is 1. The Kier molecular flexibility index (Phi) is 6.31. The normalized spacial score (nSPS) is 13.4. The molecule has 0 saturated heterocycles. The van der Waals surface area contributed by atoms with Crippen LogP contribution in [-0.4, -0.2) is 31.3 Å². The van der Waals surface area contributed by atoms with Crippen molar-refractivity contribution < 1.29 is 19.0 Å². The van der Waals surface area contributed by atoms with Gasteiger partial charge in [-0.2, -0.15) is 0 Å². The van der Waals surface area contributed by atoms with Gasteiger partial charge < -0.3 is 19.9 Å². The number of esters is 1. The smallest absolute Gasteiger partial charge is 0.329 e. The molecule has 0 aliphatic heterocycles. The lowest BCUT2D eigenvalue weighted by Gasteiger charge is -2.23. The van der Waals surface area contributed by atoms with Crippen LogP contribution in [0.3, 0.4) is 0 Å². The van der Waals surface area contributed by atoms with Crippen LogP contribution >= 0.6 is 0 Å². The monoisotopic (exact) mass is 281 g/mol. The Labute approximate surface area is 120 Å². The summed E-state index contributed by atoms with van der Waals surface area (Å²) in [6, 6.07) is 7.31. The second kappa shape index (κ2) is 7.75. The minimum absolute atomic E-state index is 0.0261. The largest absolute Gasteiger partial charge is 0.490 e. The lowest BCUT2D eigenvalue weighted by molar-refractivity contribution is -0.150. The van der Waals surface area contributed by atoms with Crippen molar-refractivity contribution in [3.8, 4) is 11.5 Å². The minimum Gasteiger partial charge on any atom is -0.490 e. The first-order chi connectivity index (χ1) is 9.51. The van der Waals surface area contributed by atoms with E-state index in [1.165, 1.54) is 0 Å². The number of ether oxygens (including phenoxy) is 3. The Hall–Kier alpha value is -1.75. The van der Waals surface area contributed by atoms with E-state index in [0.717, 1.165) is 6.42 Å². The maximum Gasteiger partial charge on any atom is 0.329 e. The first-order valence-corrected chi connectivity index (χ1v) is 6.82. The van der Waals surface area contributed by atoms with E-state index in [2.05, 4.69) is 0 Å². The molecular weight excluding hydrogens is 258 g/mol. The molecule has 0 spiro atoms. The summed E-state index contributed by atoms with van der Waals surface area (Å²) in [5.41, 5.74) is 4.72. The van der Waals surface area contributed by atoms with Crippen LogP contribution in [0, 0.1) is 0 Å². The Morgan fingerprint density at radius 3 is 2.35 bits per heavy atom. The fourth-order valence-corrected chi connectivity index (χ4v) is 1.48. The van der Waals surface area contributed by atoms with Gasteiger partial charge in [0.15, 0.2) is 11.5 Å². The molecule has 1 atom stereocenters. The molecule has 112 valence electrons. The van der Waals surface area contributed by atoms with Crippen LogP contribution < -0.4 is 15.2 Å². The van der Waals surface area contributed by atoms with E-state index in [4.69, 9.17) is 19.9 Å². The van der Waals surface area contributed by atoms with Crippen LogP contribution in [0.5, 0.6) is 11.5 Å². The molecule has 1 unspecified atom stereocenters. The van der Waals surface area contributed by atoms with E-state index < -0.39 is 11.5 Å². The zero-order valence-electron chi connectivity index (χ0n) is 12.3. The minimum atomic E-state index is -1.19. The summed E-state index contributed by atoms with van der Waals surface area (Å²) in [7, 11) is 0. The number of hydrogen-bond donors (Lipinski definition) is 1. The Bertz CT molecular complexity index is 432. The second-order valence-electron chi connectivity index (χ2n) is 4.72. The Morgan fingerprint density at radius 2 is 1.80 bits per heavy atom. The fourth-order valence-electron chi connectivity index (χ4n) is 1.48. The highest BCUT2D eigenvalue weighted by molar-refractivity contribution is 5.80. The number of nitrogens with two attached hydrogens (primary N) is 1. The van der Waals surface area contributed by atoms with Gasteiger partial charge in [-0.25, -0.2) is 4.79 Å². The van der Waals surface area contributed by atoms with Gasteiger partial charge in [0.25, 0.3) is 0 Å². The predicted molar refractivity (Wildman–Crippen MR) is 76.9 cm³/mol. The van der Waals surface area contributed by atoms with E-state index in [1.54, 1.807) is 19.9 Å². The van der Waals surface area contributed by atoms with Crippen LogP contribution in [0.15, 0.2) is 24.3 Å². The first-order valence-electron chi connectivity index (χ1n) is 6.82. The molecule has 0 radical (unpaired) electrons. The molecule has 0 bridgehead atoms. The summed E-state index contributed by atoms with van der Waals surface area (Å²) in [6.45, 7) is 6.28. The van der Waals surface area contributed by atoms with Crippen molar-refractivity contribution in [2.24, 2.45) is 5.73 Å². The zero-order valence-corrected chi connectivity index (χ0v) is 12.3. The first kappa shape index (κ1) is 16.3. The van der Waals surface area contributed by atoms with Gasteiger partial charge in [-0.05, 0) is 32.4 Å². The van der Waals surface area contributed by atoms with Gasteiger partial charge in [0.2, 0.25) is 0 Å². The quantitative estimate of drug-likeness (QED) is 0.739. The van der Waals surface area contributed by atoms with Crippen LogP contribution in [0.2, 0.25) is 0 Å². The zero-order chi connectivity index (χ0) is 15.0. The van der Waals surface area contributed by atoms with Crippen molar-refractivity contribution in [3.05, 3.63) is 24.3 Å². The summed E-state index contributed by atoms with van der Waals surface area (Å²) in [5, 5.41) is 0. The lowest BCUT2D eigenvalue weighted by Crippen LogP contribution is -2.51. The molecule has 5 nitrogen and oxygen atoms in total. The lowest BCUT2D eigenvalue weighted by atomic mass is 10.1. The van der Waals surface area contributed by atoms with Crippen molar-refractivity contribution in [2.75, 3.05) is 19.8 Å². The van der Waals surface area contributed by atoms with Crippen LogP contribution in [0.4, 0.5) is 0 Å². The molecule has 0 aliphatic carbocycles. The summed E-state index contributed by atoms with van der Waals surface area (Å²) in [5.74, 6) is 0.739. The maximum absolute atomic E-state index is 11.7. The van der Waals surface area contributed by atoms with Gasteiger partial charge in [-0.1, -0.05) is 19.1 Å². The van der Waals surface area contributed by atoms with E-state index in [0.29, 0.717) is 24.7 Å². The van der Waals surface area contributed by atoms with Gasteiger partial charge in [0, 0.05) is 0 Å². The molecule has 0 aliphatic rings. The highest BCUT2D eigenvalue weighted by Crippen LogP contribution is 2.27. The number of rotatable bonds is 8. The fraction of sp³-hybridized carbons (Fsp3) is 0.533. The van der Waals surface area contributed by atoms with E-state index in [9.17, 15) is 4.79 Å². The van der Waals surface area contributed by atoms with Gasteiger partial charge >= 0.3 is 5.97 Å². The van der Waals surface area contributed by atoms with Gasteiger partial charge in [0.05, 0.1) is 13.2 Å². The molecule has 0 amide bonds. The molecule has 2 N–H and O–H groups in total. The molecule has 20 heavy (non-hydrogen) atoms. The van der Waals surface area contributed by atoms with E-state index in [-0.39, 0.29) is 6.61 Å². The third-order valence-corrected chi connectivity index (χ3v) is 2.58. The second-order valence-corrected chi connectivity index (χ2v) is 4.72. The number of hydrogen-bond acceptors (Lipinski definition) is 5. The molecule has 0 fully saturated rings. The van der Waals surface area contributed by atoms with Crippen molar-refractivity contribution in [3.63, 3.8) is 0 Å². The summed E-state index contributed by atoms with van der Waals surface area (Å²) in [4.78, 5) is 11.7. The Morgan fingerprint density at radius 1 is 1.20 bits per heavy atom. The summed E-state index contributed by atoms with van der Waals surface area (Å²) >= 11 is 0. The highest BCUT2D eigenvalue weighted by Gasteiger charge is 2.31. The Balaban J connectivity index is 2.67. The van der Waals surface area contributed by atoms with Crippen LogP contribution in [-0.2, 0) is 9.53 Å². The number of carbonyl (C=O) groups is 1. The number of benzene rings is 1. The summed E-state index contributed by atoms with van der Waals surface area (Å²) < 4.78 is 16.1. The van der Waals surface area contributed by atoms with Crippen molar-refractivity contribution in [1.29, 1.82) is 0 Å². The SMILES string of the molecule is CCCOc1ccccc1OCC(C)(N)C(=O)OCC. The average molecular weight is 281 g/mol. The number of para-hydroxylation sites is 2. The van der Waals surface area contributed by atoms with Gasteiger partial charge in [-0.15, -0.1) is 0 Å². The topological polar surface area (TPSA) is 70.8 Å². The standard InChI is InChI=1S/C15H23NO4/c1-4-10-19-12-8-6-7-9-13(12)20-11-15(3,16)14(17)18-5-2/h6-9H,4-5,10-11,16H2,1-3H3. The molecule has 1 aromatic rings. The molecule has 5 heteroatoms. The summed E-state index contributed by atoms with van der Waals surface area (Å²) in [6.07, 6.45) is 0.908. The van der Waals surface area contributed by atoms with Crippen LogP contribution in [0.25, 0.3) is 0 Å². The third kappa shape index (κ3) is 4.74. The van der Waals surface area contributed by atoms with E-state index in [1.807, 2.05) is 25.1 Å². The van der Waals surface area contributed by atoms with Crippen molar-refractivity contribution >= 4 is 5.97 Å². The van der Waals surface area contributed by atoms with Gasteiger partial charge in [0.1, 0.15) is 12.1 Å². The van der Waals surface area contributed by atoms with Crippen molar-refractivity contribution in [1.82, 2.24) is 0 Å². The molecule has 1 aromatic carbocycles. The van der Waals surface area contributed by atoms with E-state index >= 15 is 0 Å². The molecular formula is C15H23NO4. The highest BCUT2D eigenvalue weighted by atomic mass is 16.5. The predicted octanol–water partition coefficient (Wildman–Crippen LogP) is 2.13. The molecule has 0 aromatic heterocycles. The van der Waals surface area contributed by atoms with Crippen LogP contribution in [0.1, 0.15) is 27.2 Å².